The van der Waals surface area contributed by atoms with Crippen molar-refractivity contribution in [3.63, 3.8) is 0 Å². The minimum Gasteiger partial charge on any atom is -0.299 e. The number of fused-ring (bicyclic) bond motifs is 7. The van der Waals surface area contributed by atoms with E-state index in [1.807, 2.05) is 6.08 Å². The molecule has 4 aliphatic rings. The minimum absolute atomic E-state index is 0.00868. The summed E-state index contributed by atoms with van der Waals surface area (Å²) in [6.07, 6.45) is 10.0. The summed E-state index contributed by atoms with van der Waals surface area (Å²) in [6.45, 7) is 3.86. The van der Waals surface area contributed by atoms with Gasteiger partial charge < -0.3 is 0 Å². The Labute approximate surface area is 90.2 Å². The standard InChI is InChI=1S/C14H16O/c1-2-5-14-9-4-3-8(6-9)12(14)10-7-11(10)13(14)15/h2-4,8-12H,1,5-7H2/t8?,9?,10-,11+,12+,14+/m1/s1. The van der Waals surface area contributed by atoms with Crippen molar-refractivity contribution >= 4 is 5.78 Å². The third-order valence-electron chi connectivity index (χ3n) is 5.41. The van der Waals surface area contributed by atoms with E-state index in [0.29, 0.717) is 23.5 Å². The van der Waals surface area contributed by atoms with E-state index < -0.39 is 0 Å². The van der Waals surface area contributed by atoms with Crippen molar-refractivity contribution in [1.82, 2.24) is 0 Å². The van der Waals surface area contributed by atoms with Gasteiger partial charge in [0.05, 0.1) is 0 Å². The predicted octanol–water partition coefficient (Wildman–Crippen LogP) is 2.59. The Hall–Kier alpha value is -0.850. The summed E-state index contributed by atoms with van der Waals surface area (Å²) in [5, 5.41) is 0. The first kappa shape index (κ1) is 8.32. The molecule has 0 aliphatic heterocycles. The summed E-state index contributed by atoms with van der Waals surface area (Å²) in [4.78, 5) is 12.4. The Morgan fingerprint density at radius 3 is 3.13 bits per heavy atom. The van der Waals surface area contributed by atoms with Gasteiger partial charge in [-0.25, -0.2) is 0 Å². The monoisotopic (exact) mass is 200 g/mol. The Morgan fingerprint density at radius 1 is 1.47 bits per heavy atom. The number of hydrogen-bond donors (Lipinski definition) is 0. The molecule has 0 aromatic carbocycles. The zero-order valence-electron chi connectivity index (χ0n) is 8.86. The van der Waals surface area contributed by atoms with Crippen LogP contribution >= 0.6 is 0 Å². The van der Waals surface area contributed by atoms with Crippen LogP contribution in [0.4, 0.5) is 0 Å². The van der Waals surface area contributed by atoms with Crippen LogP contribution in [-0.2, 0) is 4.79 Å². The van der Waals surface area contributed by atoms with E-state index in [2.05, 4.69) is 18.7 Å². The largest absolute Gasteiger partial charge is 0.299 e. The molecule has 0 aromatic heterocycles. The lowest BCUT2D eigenvalue weighted by molar-refractivity contribution is -0.130. The van der Waals surface area contributed by atoms with Crippen LogP contribution in [0.15, 0.2) is 24.8 Å². The van der Waals surface area contributed by atoms with Crippen molar-refractivity contribution in [2.75, 3.05) is 0 Å². The Kier molecular flexibility index (Phi) is 1.27. The van der Waals surface area contributed by atoms with Crippen LogP contribution in [0, 0.1) is 35.0 Å². The minimum atomic E-state index is 0.00868. The van der Waals surface area contributed by atoms with Crippen molar-refractivity contribution in [1.29, 1.82) is 0 Å². The van der Waals surface area contributed by atoms with Gasteiger partial charge in [-0.15, -0.1) is 6.58 Å². The maximum atomic E-state index is 12.4. The molecular formula is C14H16O. The predicted molar refractivity (Wildman–Crippen MR) is 58.1 cm³/mol. The molecule has 0 N–H and O–H groups in total. The summed E-state index contributed by atoms with van der Waals surface area (Å²) in [5.74, 6) is 3.73. The summed E-state index contributed by atoms with van der Waals surface area (Å²) < 4.78 is 0. The highest BCUT2D eigenvalue weighted by molar-refractivity contribution is 5.94. The fourth-order valence-corrected chi connectivity index (χ4v) is 4.94. The van der Waals surface area contributed by atoms with Gasteiger partial charge in [-0.1, -0.05) is 18.2 Å². The summed E-state index contributed by atoms with van der Waals surface area (Å²) in [6, 6.07) is 0. The molecule has 0 spiro atoms. The molecule has 0 heterocycles. The van der Waals surface area contributed by atoms with E-state index >= 15 is 0 Å². The van der Waals surface area contributed by atoms with Crippen LogP contribution in [0.2, 0.25) is 0 Å². The zero-order valence-corrected chi connectivity index (χ0v) is 8.86. The first-order valence-electron chi connectivity index (χ1n) is 6.12. The van der Waals surface area contributed by atoms with Gasteiger partial charge in [-0.3, -0.25) is 4.79 Å². The highest BCUT2D eigenvalue weighted by Crippen LogP contribution is 2.73. The fraction of sp³-hybridized carbons (Fsp3) is 0.643. The van der Waals surface area contributed by atoms with Gasteiger partial charge in [-0.2, -0.15) is 0 Å². The number of carbonyl (C=O) groups is 1. The van der Waals surface area contributed by atoms with Crippen LogP contribution in [0.5, 0.6) is 0 Å². The Bertz CT molecular complexity index is 394. The molecule has 2 unspecified atom stereocenters. The number of Topliss-reactive ketones (excluding diaryl/α,β-unsaturated/α-hetero) is 1. The molecule has 3 fully saturated rings. The SMILES string of the molecule is C=CC[C@@]12C(=O)[C@H]3C[C@H]3[C@@H]1C1C=CC2C1. The molecule has 15 heavy (non-hydrogen) atoms. The molecule has 1 heteroatoms. The van der Waals surface area contributed by atoms with Gasteiger partial charge in [0.1, 0.15) is 5.78 Å². The second-order valence-electron chi connectivity index (χ2n) is 5.82. The Balaban J connectivity index is 1.87. The van der Waals surface area contributed by atoms with E-state index in [1.54, 1.807) is 0 Å². The van der Waals surface area contributed by atoms with Gasteiger partial charge >= 0.3 is 0 Å². The number of rotatable bonds is 2. The number of carbonyl (C=O) groups excluding carboxylic acids is 1. The highest BCUT2D eigenvalue weighted by Gasteiger charge is 2.73. The maximum absolute atomic E-state index is 12.4. The first-order valence-corrected chi connectivity index (χ1v) is 6.12. The van der Waals surface area contributed by atoms with E-state index in [-0.39, 0.29) is 5.41 Å². The van der Waals surface area contributed by atoms with Gasteiger partial charge in [0, 0.05) is 11.3 Å². The summed E-state index contributed by atoms with van der Waals surface area (Å²) in [7, 11) is 0. The summed E-state index contributed by atoms with van der Waals surface area (Å²) >= 11 is 0. The molecule has 2 bridgehead atoms. The van der Waals surface area contributed by atoms with E-state index in [0.717, 1.165) is 18.3 Å². The molecule has 4 rings (SSSR count). The van der Waals surface area contributed by atoms with Gasteiger partial charge in [0.15, 0.2) is 0 Å². The second-order valence-corrected chi connectivity index (χ2v) is 5.82. The van der Waals surface area contributed by atoms with E-state index in [9.17, 15) is 4.79 Å². The lowest BCUT2D eigenvalue weighted by Gasteiger charge is -2.36. The van der Waals surface area contributed by atoms with Crippen LogP contribution in [0.1, 0.15) is 19.3 Å². The topological polar surface area (TPSA) is 17.1 Å². The van der Waals surface area contributed by atoms with E-state index in [1.165, 1.54) is 12.8 Å². The molecule has 0 saturated heterocycles. The van der Waals surface area contributed by atoms with Crippen molar-refractivity contribution in [2.24, 2.45) is 35.0 Å². The van der Waals surface area contributed by atoms with Crippen molar-refractivity contribution in [3.05, 3.63) is 24.8 Å². The third kappa shape index (κ3) is 0.705. The average Bonchev–Trinajstić information content (AvgIpc) is 2.64. The molecule has 3 saturated carbocycles. The van der Waals surface area contributed by atoms with Crippen LogP contribution in [0.3, 0.4) is 0 Å². The number of hydrogen-bond acceptors (Lipinski definition) is 1. The molecule has 1 nitrogen and oxygen atoms in total. The smallest absolute Gasteiger partial charge is 0.143 e. The first-order chi connectivity index (χ1) is 7.29. The van der Waals surface area contributed by atoms with Gasteiger partial charge in [-0.05, 0) is 42.9 Å². The average molecular weight is 200 g/mol. The molecule has 0 amide bonds. The molecule has 0 aromatic rings. The lowest BCUT2D eigenvalue weighted by atomic mass is 9.65. The van der Waals surface area contributed by atoms with Crippen LogP contribution in [-0.4, -0.2) is 5.78 Å². The van der Waals surface area contributed by atoms with Crippen molar-refractivity contribution < 1.29 is 4.79 Å². The molecule has 4 aliphatic carbocycles. The Morgan fingerprint density at radius 2 is 2.33 bits per heavy atom. The maximum Gasteiger partial charge on any atom is 0.143 e. The fourth-order valence-electron chi connectivity index (χ4n) is 4.94. The molecule has 0 radical (unpaired) electrons. The van der Waals surface area contributed by atoms with Crippen LogP contribution in [0.25, 0.3) is 0 Å². The number of ketones is 1. The normalized spacial score (nSPS) is 58.1. The quantitative estimate of drug-likeness (QED) is 0.626. The molecular weight excluding hydrogens is 184 g/mol. The highest BCUT2D eigenvalue weighted by atomic mass is 16.1. The van der Waals surface area contributed by atoms with Crippen molar-refractivity contribution in [2.45, 2.75) is 19.3 Å². The number of allylic oxidation sites excluding steroid dienone is 3. The molecule has 6 atom stereocenters. The molecule has 78 valence electrons. The third-order valence-corrected chi connectivity index (χ3v) is 5.41. The zero-order chi connectivity index (χ0) is 10.2. The van der Waals surface area contributed by atoms with Crippen LogP contribution < -0.4 is 0 Å². The lowest BCUT2D eigenvalue weighted by Crippen LogP contribution is -2.38. The van der Waals surface area contributed by atoms with E-state index in [4.69, 9.17) is 0 Å². The van der Waals surface area contributed by atoms with Gasteiger partial charge in [0.25, 0.3) is 0 Å². The second kappa shape index (κ2) is 2.28. The van der Waals surface area contributed by atoms with Crippen molar-refractivity contribution in [3.8, 4) is 0 Å². The van der Waals surface area contributed by atoms with Gasteiger partial charge in [0.2, 0.25) is 0 Å². The summed E-state index contributed by atoms with van der Waals surface area (Å²) in [5.41, 5.74) is 0.00868.